The van der Waals surface area contributed by atoms with Crippen LogP contribution in [-0.2, 0) is 0 Å². The normalized spacial score (nSPS) is 21.8. The summed E-state index contributed by atoms with van der Waals surface area (Å²) in [7, 11) is 0. The summed E-state index contributed by atoms with van der Waals surface area (Å²) >= 11 is 3.51. The number of hydrogen-bond acceptors (Lipinski definition) is 2. The van der Waals surface area contributed by atoms with Gasteiger partial charge in [0.15, 0.2) is 0 Å². The summed E-state index contributed by atoms with van der Waals surface area (Å²) in [5, 5.41) is 0. The molecule has 0 amide bonds. The Labute approximate surface area is 135 Å². The van der Waals surface area contributed by atoms with Gasteiger partial charge in [0.2, 0.25) is 5.95 Å². The van der Waals surface area contributed by atoms with Gasteiger partial charge in [-0.3, -0.25) is 0 Å². The SMILES string of the molecule is CC1(C)CC(n2c(N)nc3cc(Br)ccc32)CC(C)(C)C1. The van der Waals surface area contributed by atoms with E-state index in [9.17, 15) is 0 Å². The van der Waals surface area contributed by atoms with Crippen molar-refractivity contribution in [2.75, 3.05) is 5.73 Å². The molecular formula is C17H24BrN3. The van der Waals surface area contributed by atoms with Crippen molar-refractivity contribution >= 4 is 32.9 Å². The lowest BCUT2D eigenvalue weighted by Crippen LogP contribution is -2.35. The largest absolute Gasteiger partial charge is 0.369 e. The topological polar surface area (TPSA) is 43.8 Å². The Kier molecular flexibility index (Phi) is 3.36. The number of nitrogens with two attached hydrogens (primary N) is 1. The molecule has 2 N–H and O–H groups in total. The highest BCUT2D eigenvalue weighted by atomic mass is 79.9. The van der Waals surface area contributed by atoms with Crippen molar-refractivity contribution in [1.29, 1.82) is 0 Å². The van der Waals surface area contributed by atoms with Gasteiger partial charge in [-0.2, -0.15) is 0 Å². The number of aromatic nitrogens is 2. The first-order valence-corrected chi connectivity index (χ1v) is 8.39. The van der Waals surface area contributed by atoms with Crippen LogP contribution in [0.1, 0.15) is 53.0 Å². The number of halogens is 1. The molecular weight excluding hydrogens is 326 g/mol. The Balaban J connectivity index is 2.09. The molecule has 3 nitrogen and oxygen atoms in total. The van der Waals surface area contributed by atoms with Gasteiger partial charge in [-0.05, 0) is 48.3 Å². The number of rotatable bonds is 1. The molecule has 1 saturated carbocycles. The summed E-state index contributed by atoms with van der Waals surface area (Å²) in [6.45, 7) is 9.47. The molecule has 1 aliphatic carbocycles. The van der Waals surface area contributed by atoms with Gasteiger partial charge in [-0.15, -0.1) is 0 Å². The van der Waals surface area contributed by atoms with Crippen LogP contribution >= 0.6 is 15.9 Å². The van der Waals surface area contributed by atoms with Crippen molar-refractivity contribution in [3.8, 4) is 0 Å². The molecule has 1 fully saturated rings. The minimum atomic E-state index is 0.338. The van der Waals surface area contributed by atoms with Gasteiger partial charge in [-0.1, -0.05) is 43.6 Å². The molecule has 1 aromatic carbocycles. The zero-order valence-electron chi connectivity index (χ0n) is 13.3. The van der Waals surface area contributed by atoms with Crippen molar-refractivity contribution in [3.05, 3.63) is 22.7 Å². The zero-order valence-corrected chi connectivity index (χ0v) is 14.9. The Bertz CT molecular complexity index is 669. The number of anilines is 1. The van der Waals surface area contributed by atoms with Crippen molar-refractivity contribution in [3.63, 3.8) is 0 Å². The molecule has 1 heterocycles. The maximum Gasteiger partial charge on any atom is 0.201 e. The van der Waals surface area contributed by atoms with Crippen LogP contribution in [0.5, 0.6) is 0 Å². The second-order valence-corrected chi connectivity index (χ2v) is 8.96. The van der Waals surface area contributed by atoms with Crippen molar-refractivity contribution in [1.82, 2.24) is 9.55 Å². The number of fused-ring (bicyclic) bond motifs is 1. The van der Waals surface area contributed by atoms with E-state index in [0.29, 0.717) is 22.8 Å². The maximum atomic E-state index is 6.25. The van der Waals surface area contributed by atoms with Crippen LogP contribution in [0.4, 0.5) is 5.95 Å². The van der Waals surface area contributed by atoms with Crippen molar-refractivity contribution in [2.45, 2.75) is 53.0 Å². The Morgan fingerprint density at radius 2 is 1.81 bits per heavy atom. The second kappa shape index (κ2) is 4.73. The summed E-state index contributed by atoms with van der Waals surface area (Å²) in [6, 6.07) is 6.66. The number of hydrogen-bond donors (Lipinski definition) is 1. The van der Waals surface area contributed by atoms with E-state index in [0.717, 1.165) is 28.3 Å². The van der Waals surface area contributed by atoms with Crippen LogP contribution in [0.15, 0.2) is 22.7 Å². The molecule has 0 saturated heterocycles. The van der Waals surface area contributed by atoms with E-state index in [-0.39, 0.29) is 0 Å². The molecule has 1 aliphatic rings. The molecule has 0 atom stereocenters. The number of benzene rings is 1. The van der Waals surface area contributed by atoms with E-state index < -0.39 is 0 Å². The smallest absolute Gasteiger partial charge is 0.201 e. The third-order valence-corrected chi connectivity index (χ3v) is 5.07. The fourth-order valence-corrected chi connectivity index (χ4v) is 4.79. The summed E-state index contributed by atoms with van der Waals surface area (Å²) < 4.78 is 3.30. The lowest BCUT2D eigenvalue weighted by Gasteiger charge is -2.45. The van der Waals surface area contributed by atoms with Crippen molar-refractivity contribution < 1.29 is 0 Å². The summed E-state index contributed by atoms with van der Waals surface area (Å²) in [5.41, 5.74) is 9.05. The highest BCUT2D eigenvalue weighted by molar-refractivity contribution is 9.10. The number of nitrogens with zero attached hydrogens (tertiary/aromatic N) is 2. The van der Waals surface area contributed by atoms with Gasteiger partial charge < -0.3 is 10.3 Å². The first kappa shape index (κ1) is 14.9. The highest BCUT2D eigenvalue weighted by Gasteiger charge is 2.40. The van der Waals surface area contributed by atoms with Crippen LogP contribution in [0.3, 0.4) is 0 Å². The molecule has 1 aromatic heterocycles. The monoisotopic (exact) mass is 349 g/mol. The molecule has 4 heteroatoms. The first-order chi connectivity index (χ1) is 9.67. The van der Waals surface area contributed by atoms with Crippen LogP contribution in [0.25, 0.3) is 11.0 Å². The van der Waals surface area contributed by atoms with E-state index in [1.807, 2.05) is 6.07 Å². The molecule has 3 rings (SSSR count). The van der Waals surface area contributed by atoms with Crippen LogP contribution in [0.2, 0.25) is 0 Å². The molecule has 0 unspecified atom stereocenters. The third kappa shape index (κ3) is 2.83. The number of imidazole rings is 1. The average molecular weight is 350 g/mol. The fraction of sp³-hybridized carbons (Fsp3) is 0.588. The summed E-state index contributed by atoms with van der Waals surface area (Å²) in [6.07, 6.45) is 3.57. The van der Waals surface area contributed by atoms with E-state index in [1.54, 1.807) is 0 Å². The molecule has 21 heavy (non-hydrogen) atoms. The van der Waals surface area contributed by atoms with Crippen LogP contribution in [0, 0.1) is 10.8 Å². The van der Waals surface area contributed by atoms with E-state index in [4.69, 9.17) is 5.73 Å². The van der Waals surface area contributed by atoms with Gasteiger partial charge in [0.1, 0.15) is 0 Å². The van der Waals surface area contributed by atoms with Gasteiger partial charge in [0, 0.05) is 10.5 Å². The Hall–Kier alpha value is -1.03. The van der Waals surface area contributed by atoms with Crippen LogP contribution in [-0.4, -0.2) is 9.55 Å². The lowest BCUT2D eigenvalue weighted by molar-refractivity contribution is 0.0746. The van der Waals surface area contributed by atoms with Gasteiger partial charge in [0.05, 0.1) is 11.0 Å². The second-order valence-electron chi connectivity index (χ2n) is 8.04. The molecule has 2 aromatic rings. The highest BCUT2D eigenvalue weighted by Crippen LogP contribution is 2.51. The number of nitrogen functional groups attached to an aromatic ring is 1. The first-order valence-electron chi connectivity index (χ1n) is 7.60. The Morgan fingerprint density at radius 1 is 1.19 bits per heavy atom. The predicted molar refractivity (Wildman–Crippen MR) is 92.3 cm³/mol. The minimum absolute atomic E-state index is 0.338. The molecule has 0 bridgehead atoms. The predicted octanol–water partition coefficient (Wildman–Crippen LogP) is 5.16. The lowest BCUT2D eigenvalue weighted by atomic mass is 9.63. The summed E-state index contributed by atoms with van der Waals surface area (Å²) in [5.74, 6) is 0.640. The quantitative estimate of drug-likeness (QED) is 0.772. The molecule has 0 spiro atoms. The van der Waals surface area contributed by atoms with Crippen molar-refractivity contribution in [2.24, 2.45) is 10.8 Å². The Morgan fingerprint density at radius 3 is 2.43 bits per heavy atom. The standard InChI is InChI=1S/C17H24BrN3/c1-16(2)8-12(9-17(3,4)10-16)21-14-6-5-11(18)7-13(14)20-15(21)19/h5-7,12H,8-10H2,1-4H3,(H2,19,20). The minimum Gasteiger partial charge on any atom is -0.369 e. The van der Waals surface area contributed by atoms with Gasteiger partial charge in [-0.25, -0.2) is 4.98 Å². The molecule has 114 valence electrons. The third-order valence-electron chi connectivity index (χ3n) is 4.58. The summed E-state index contributed by atoms with van der Waals surface area (Å²) in [4.78, 5) is 4.56. The van der Waals surface area contributed by atoms with Gasteiger partial charge >= 0.3 is 0 Å². The molecule has 0 aliphatic heterocycles. The average Bonchev–Trinajstić information content (AvgIpc) is 2.59. The van der Waals surface area contributed by atoms with Crippen LogP contribution < -0.4 is 5.73 Å². The fourth-order valence-electron chi connectivity index (χ4n) is 4.44. The van der Waals surface area contributed by atoms with Gasteiger partial charge in [0.25, 0.3) is 0 Å². The zero-order chi connectivity index (χ0) is 15.4. The molecule has 0 radical (unpaired) electrons. The maximum absolute atomic E-state index is 6.25. The van der Waals surface area contributed by atoms with E-state index >= 15 is 0 Å². The van der Waals surface area contributed by atoms with E-state index in [1.165, 1.54) is 6.42 Å². The van der Waals surface area contributed by atoms with E-state index in [2.05, 4.69) is 65.3 Å².